The van der Waals surface area contributed by atoms with Gasteiger partial charge in [-0.1, -0.05) is 15.9 Å². The number of nitrogens with one attached hydrogen (secondary N) is 1. The van der Waals surface area contributed by atoms with Gasteiger partial charge in [-0.05, 0) is 47.0 Å². The molecule has 0 aromatic heterocycles. The Morgan fingerprint density at radius 2 is 1.90 bits per heavy atom. The summed E-state index contributed by atoms with van der Waals surface area (Å²) >= 11 is 6.73. The molecule has 1 aromatic rings. The second kappa shape index (κ2) is 6.58. The number of carboxylic acids is 1. The maximum Gasteiger partial charge on any atom is 0.321 e. The molecule has 108 valence electrons. The number of carbonyl (C=O) groups excluding carboxylic acids is 1. The van der Waals surface area contributed by atoms with Crippen molar-refractivity contribution in [2.24, 2.45) is 5.92 Å². The highest BCUT2D eigenvalue weighted by atomic mass is 79.9. The van der Waals surface area contributed by atoms with E-state index < -0.39 is 5.97 Å². The number of benzene rings is 1. The van der Waals surface area contributed by atoms with Crippen molar-refractivity contribution in [2.75, 3.05) is 18.4 Å². The molecule has 0 bridgehead atoms. The number of hydrogen-bond donors (Lipinski definition) is 2. The second-order valence-electron chi connectivity index (χ2n) is 4.65. The summed E-state index contributed by atoms with van der Waals surface area (Å²) in [4.78, 5) is 24.7. The van der Waals surface area contributed by atoms with Gasteiger partial charge in [0.2, 0.25) is 0 Å². The maximum atomic E-state index is 12.1. The number of anilines is 1. The van der Waals surface area contributed by atoms with Crippen LogP contribution in [0.25, 0.3) is 0 Å². The lowest BCUT2D eigenvalue weighted by Crippen LogP contribution is -2.42. The summed E-state index contributed by atoms with van der Waals surface area (Å²) in [5.41, 5.74) is 0.685. The summed E-state index contributed by atoms with van der Waals surface area (Å²) in [6, 6.07) is 5.33. The van der Waals surface area contributed by atoms with Crippen LogP contribution in [0.2, 0.25) is 0 Å². The number of amides is 2. The van der Waals surface area contributed by atoms with E-state index in [1.807, 2.05) is 18.2 Å². The van der Waals surface area contributed by atoms with E-state index in [1.54, 1.807) is 4.90 Å². The molecule has 0 unspecified atom stereocenters. The van der Waals surface area contributed by atoms with E-state index in [2.05, 4.69) is 37.2 Å². The summed E-state index contributed by atoms with van der Waals surface area (Å²) in [7, 11) is 0. The number of hydrogen-bond acceptors (Lipinski definition) is 2. The first-order chi connectivity index (χ1) is 9.47. The zero-order valence-corrected chi connectivity index (χ0v) is 13.8. The molecule has 2 N–H and O–H groups in total. The number of urea groups is 1. The third kappa shape index (κ3) is 3.73. The van der Waals surface area contributed by atoms with Crippen LogP contribution in [-0.2, 0) is 4.79 Å². The van der Waals surface area contributed by atoms with Gasteiger partial charge in [-0.15, -0.1) is 0 Å². The lowest BCUT2D eigenvalue weighted by atomic mass is 9.97. The molecule has 7 heteroatoms. The van der Waals surface area contributed by atoms with Crippen molar-refractivity contribution in [1.29, 1.82) is 0 Å². The minimum atomic E-state index is -0.778. The lowest BCUT2D eigenvalue weighted by Gasteiger charge is -2.30. The molecule has 2 amide bonds. The van der Waals surface area contributed by atoms with Crippen LogP contribution in [-0.4, -0.2) is 35.1 Å². The van der Waals surface area contributed by atoms with Crippen molar-refractivity contribution >= 4 is 49.5 Å². The average Bonchev–Trinajstić information content (AvgIpc) is 2.43. The van der Waals surface area contributed by atoms with E-state index in [1.165, 1.54) is 0 Å². The van der Waals surface area contributed by atoms with Crippen molar-refractivity contribution in [3.05, 3.63) is 27.1 Å². The predicted octanol–water partition coefficient (Wildman–Crippen LogP) is 3.54. The molecule has 1 aliphatic rings. The highest BCUT2D eigenvalue weighted by Gasteiger charge is 2.27. The minimum absolute atomic E-state index is 0.201. The molecule has 1 fully saturated rings. The van der Waals surface area contributed by atoms with Crippen LogP contribution < -0.4 is 5.32 Å². The molecule has 1 aliphatic heterocycles. The number of carboxylic acid groups (broad SMARTS) is 1. The minimum Gasteiger partial charge on any atom is -0.481 e. The van der Waals surface area contributed by atoms with E-state index in [4.69, 9.17) is 5.11 Å². The van der Waals surface area contributed by atoms with Crippen LogP contribution in [0.4, 0.5) is 10.5 Å². The Labute approximate surface area is 133 Å². The Bertz CT molecular complexity index is 528. The first-order valence-electron chi connectivity index (χ1n) is 6.21. The SMILES string of the molecule is O=C(O)C1CCN(C(=O)Nc2cc(Br)ccc2Br)CC1. The number of piperidine rings is 1. The summed E-state index contributed by atoms with van der Waals surface area (Å²) in [6.07, 6.45) is 1.00. The first-order valence-corrected chi connectivity index (χ1v) is 7.80. The van der Waals surface area contributed by atoms with E-state index in [-0.39, 0.29) is 11.9 Å². The fourth-order valence-corrected chi connectivity index (χ4v) is 2.82. The lowest BCUT2D eigenvalue weighted by molar-refractivity contribution is -0.143. The molecule has 0 saturated carbocycles. The van der Waals surface area contributed by atoms with Gasteiger partial charge >= 0.3 is 12.0 Å². The molecule has 20 heavy (non-hydrogen) atoms. The number of nitrogens with zero attached hydrogens (tertiary/aromatic N) is 1. The molecule has 0 atom stereocenters. The van der Waals surface area contributed by atoms with Gasteiger partial charge in [0.1, 0.15) is 0 Å². The van der Waals surface area contributed by atoms with Crippen LogP contribution in [0.5, 0.6) is 0 Å². The van der Waals surface area contributed by atoms with Crippen LogP contribution in [0, 0.1) is 5.92 Å². The van der Waals surface area contributed by atoms with Gasteiger partial charge in [-0.25, -0.2) is 4.79 Å². The van der Waals surface area contributed by atoms with Gasteiger partial charge in [0.25, 0.3) is 0 Å². The van der Waals surface area contributed by atoms with Gasteiger partial charge in [-0.3, -0.25) is 4.79 Å². The second-order valence-corrected chi connectivity index (χ2v) is 6.42. The monoisotopic (exact) mass is 404 g/mol. The highest BCUT2D eigenvalue weighted by molar-refractivity contribution is 9.11. The average molecular weight is 406 g/mol. The summed E-state index contributed by atoms with van der Waals surface area (Å²) < 4.78 is 1.68. The number of halogens is 2. The Morgan fingerprint density at radius 1 is 1.25 bits per heavy atom. The van der Waals surface area contributed by atoms with Crippen molar-refractivity contribution in [2.45, 2.75) is 12.8 Å². The fraction of sp³-hybridized carbons (Fsp3) is 0.385. The smallest absolute Gasteiger partial charge is 0.321 e. The molecule has 5 nitrogen and oxygen atoms in total. The van der Waals surface area contributed by atoms with Crippen molar-refractivity contribution in [3.63, 3.8) is 0 Å². The van der Waals surface area contributed by atoms with E-state index in [0.29, 0.717) is 31.6 Å². The zero-order valence-electron chi connectivity index (χ0n) is 10.6. The number of rotatable bonds is 2. The standard InChI is InChI=1S/C13H14Br2N2O3/c14-9-1-2-10(15)11(7-9)16-13(20)17-5-3-8(4-6-17)12(18)19/h1-2,7-8H,3-6H2,(H,16,20)(H,18,19). The normalized spacial score (nSPS) is 16.0. The van der Waals surface area contributed by atoms with Gasteiger partial charge < -0.3 is 15.3 Å². The highest BCUT2D eigenvalue weighted by Crippen LogP contribution is 2.27. The topological polar surface area (TPSA) is 69.6 Å². The number of likely N-dealkylation sites (tertiary alicyclic amines) is 1. The summed E-state index contributed by atoms with van der Waals surface area (Å²) in [5, 5.41) is 11.8. The van der Waals surface area contributed by atoms with Crippen LogP contribution >= 0.6 is 31.9 Å². The zero-order chi connectivity index (χ0) is 14.7. The Balaban J connectivity index is 1.96. The molecule has 1 saturated heterocycles. The Morgan fingerprint density at radius 3 is 2.50 bits per heavy atom. The van der Waals surface area contributed by atoms with E-state index in [0.717, 1.165) is 8.95 Å². The van der Waals surface area contributed by atoms with Crippen LogP contribution in [0.1, 0.15) is 12.8 Å². The first kappa shape index (κ1) is 15.3. The largest absolute Gasteiger partial charge is 0.481 e. The summed E-state index contributed by atoms with van der Waals surface area (Å²) in [5.74, 6) is -1.11. The van der Waals surface area contributed by atoms with Crippen molar-refractivity contribution in [3.8, 4) is 0 Å². The number of aliphatic carboxylic acids is 1. The molecule has 0 spiro atoms. The molecular weight excluding hydrogens is 392 g/mol. The van der Waals surface area contributed by atoms with E-state index >= 15 is 0 Å². The number of carbonyl (C=O) groups is 2. The third-order valence-corrected chi connectivity index (χ3v) is 4.49. The van der Waals surface area contributed by atoms with Crippen LogP contribution in [0.15, 0.2) is 27.1 Å². The third-order valence-electron chi connectivity index (χ3n) is 3.30. The Kier molecular flexibility index (Phi) is 5.04. The summed E-state index contributed by atoms with van der Waals surface area (Å²) in [6.45, 7) is 0.933. The van der Waals surface area contributed by atoms with Gasteiger partial charge in [0.05, 0.1) is 11.6 Å². The molecule has 0 aliphatic carbocycles. The molecule has 0 radical (unpaired) electrons. The van der Waals surface area contributed by atoms with Gasteiger partial charge in [0.15, 0.2) is 0 Å². The predicted molar refractivity (Wildman–Crippen MR) is 82.8 cm³/mol. The van der Waals surface area contributed by atoms with Gasteiger partial charge in [0, 0.05) is 22.0 Å². The van der Waals surface area contributed by atoms with Gasteiger partial charge in [-0.2, -0.15) is 0 Å². The molecular formula is C13H14Br2N2O3. The van der Waals surface area contributed by atoms with Crippen molar-refractivity contribution in [1.82, 2.24) is 4.90 Å². The van der Waals surface area contributed by atoms with Crippen molar-refractivity contribution < 1.29 is 14.7 Å². The Hall–Kier alpha value is -1.08. The van der Waals surface area contributed by atoms with E-state index in [9.17, 15) is 9.59 Å². The maximum absolute atomic E-state index is 12.1. The molecule has 1 aromatic carbocycles. The molecule has 1 heterocycles. The quantitative estimate of drug-likeness (QED) is 0.790. The fourth-order valence-electron chi connectivity index (χ4n) is 2.12. The van der Waals surface area contributed by atoms with Crippen LogP contribution in [0.3, 0.4) is 0 Å². The molecule has 2 rings (SSSR count).